The molecule has 9 rings (SSSR count). The highest BCUT2D eigenvalue weighted by Crippen LogP contribution is 2.59. The van der Waals surface area contributed by atoms with Gasteiger partial charge < -0.3 is 9.64 Å². The Morgan fingerprint density at radius 3 is 1.70 bits per heavy atom. The first-order valence-corrected chi connectivity index (χ1v) is 21.5. The van der Waals surface area contributed by atoms with Crippen LogP contribution in [0.2, 0.25) is 0 Å². The predicted molar refractivity (Wildman–Crippen MR) is 254 cm³/mol. The number of pyridine rings is 2. The van der Waals surface area contributed by atoms with Gasteiger partial charge in [0.25, 0.3) is 0 Å². The van der Waals surface area contributed by atoms with Crippen molar-refractivity contribution in [1.82, 2.24) is 9.97 Å². The van der Waals surface area contributed by atoms with Crippen LogP contribution in [0.4, 0.5) is 17.1 Å². The van der Waals surface area contributed by atoms with Crippen molar-refractivity contribution in [2.45, 2.75) is 84.0 Å². The second kappa shape index (κ2) is 14.9. The standard InChI is InChI=1S/C57H55N3O/c1-54(2,3)40-24-28-44(29-25-40)60-51-31-26-41(55(4,5)6)36-47(51)57(53-22-12-13-33-58-53,48-37-42(56(7,8)9)27-32-52(48)60)43-18-15-20-46(35-43)61-45-19-14-17-39(34-45)50-30-23-38-16-10-11-21-49(38)59-50/h10-37H,1-9H3. The van der Waals surface area contributed by atoms with Crippen LogP contribution in [0.25, 0.3) is 22.2 Å². The van der Waals surface area contributed by atoms with Crippen molar-refractivity contribution in [3.05, 3.63) is 209 Å². The highest BCUT2D eigenvalue weighted by Gasteiger charge is 2.48. The van der Waals surface area contributed by atoms with Crippen LogP contribution in [0, 0.1) is 0 Å². The van der Waals surface area contributed by atoms with E-state index in [1.807, 2.05) is 36.5 Å². The Kier molecular flexibility index (Phi) is 9.74. The van der Waals surface area contributed by atoms with E-state index in [2.05, 4.69) is 201 Å². The van der Waals surface area contributed by atoms with Crippen molar-refractivity contribution in [3.8, 4) is 22.8 Å². The molecule has 0 atom stereocenters. The fraction of sp³-hybridized carbons (Fsp3) is 0.228. The Morgan fingerprint density at radius 2 is 1.08 bits per heavy atom. The largest absolute Gasteiger partial charge is 0.457 e. The molecule has 0 saturated carbocycles. The number of nitrogens with zero attached hydrogens (tertiary/aromatic N) is 3. The molecule has 0 saturated heterocycles. The third-order valence-corrected chi connectivity index (χ3v) is 12.3. The number of rotatable bonds is 6. The van der Waals surface area contributed by atoms with E-state index in [0.29, 0.717) is 0 Å². The second-order valence-corrected chi connectivity index (χ2v) is 19.6. The lowest BCUT2D eigenvalue weighted by atomic mass is 9.62. The van der Waals surface area contributed by atoms with Crippen LogP contribution in [0.3, 0.4) is 0 Å². The lowest BCUT2D eigenvalue weighted by molar-refractivity contribution is 0.481. The van der Waals surface area contributed by atoms with Gasteiger partial charge in [-0.25, -0.2) is 4.98 Å². The van der Waals surface area contributed by atoms with Gasteiger partial charge in [0.05, 0.1) is 33.7 Å². The van der Waals surface area contributed by atoms with Crippen LogP contribution < -0.4 is 9.64 Å². The summed E-state index contributed by atoms with van der Waals surface area (Å²) in [5.74, 6) is 1.49. The molecule has 6 aromatic carbocycles. The minimum absolute atomic E-state index is 0.0370. The fourth-order valence-corrected chi connectivity index (χ4v) is 8.85. The van der Waals surface area contributed by atoms with Gasteiger partial charge in [0.1, 0.15) is 11.5 Å². The molecule has 0 fully saturated rings. The Bertz CT molecular complexity index is 2830. The molecular weight excluding hydrogens is 743 g/mol. The lowest BCUT2D eigenvalue weighted by Crippen LogP contribution is -2.39. The predicted octanol–water partition coefficient (Wildman–Crippen LogP) is 15.1. The van der Waals surface area contributed by atoms with E-state index in [1.54, 1.807) is 0 Å². The van der Waals surface area contributed by atoms with Crippen molar-refractivity contribution in [3.63, 3.8) is 0 Å². The summed E-state index contributed by atoms with van der Waals surface area (Å²) in [5.41, 5.74) is 13.5. The average Bonchev–Trinajstić information content (AvgIpc) is 3.24. The molecule has 0 radical (unpaired) electrons. The van der Waals surface area contributed by atoms with E-state index in [0.717, 1.165) is 62.0 Å². The summed E-state index contributed by atoms with van der Waals surface area (Å²) in [7, 11) is 0. The number of para-hydroxylation sites is 1. The van der Waals surface area contributed by atoms with E-state index in [9.17, 15) is 0 Å². The van der Waals surface area contributed by atoms with Gasteiger partial charge in [0.2, 0.25) is 0 Å². The number of hydrogen-bond donors (Lipinski definition) is 0. The van der Waals surface area contributed by atoms with Gasteiger partial charge in [-0.1, -0.05) is 153 Å². The smallest absolute Gasteiger partial charge is 0.128 e. The van der Waals surface area contributed by atoms with Crippen molar-refractivity contribution in [2.24, 2.45) is 0 Å². The molecule has 3 heterocycles. The summed E-state index contributed by atoms with van der Waals surface area (Å²) in [6, 6.07) is 59.0. The van der Waals surface area contributed by atoms with Crippen molar-refractivity contribution < 1.29 is 4.74 Å². The third-order valence-electron chi connectivity index (χ3n) is 12.3. The summed E-state index contributed by atoms with van der Waals surface area (Å²) in [6.07, 6.45) is 1.93. The maximum Gasteiger partial charge on any atom is 0.128 e. The molecule has 0 amide bonds. The van der Waals surface area contributed by atoms with Crippen LogP contribution in [-0.4, -0.2) is 9.97 Å². The van der Waals surface area contributed by atoms with Crippen molar-refractivity contribution >= 4 is 28.0 Å². The lowest BCUT2D eigenvalue weighted by Gasteiger charge is -2.47. The van der Waals surface area contributed by atoms with E-state index in [4.69, 9.17) is 14.7 Å². The molecule has 4 heteroatoms. The minimum Gasteiger partial charge on any atom is -0.457 e. The van der Waals surface area contributed by atoms with Gasteiger partial charge in [-0.3, -0.25) is 4.98 Å². The van der Waals surface area contributed by atoms with E-state index >= 15 is 0 Å². The number of fused-ring (bicyclic) bond motifs is 3. The summed E-state index contributed by atoms with van der Waals surface area (Å²) in [5, 5.41) is 1.12. The maximum absolute atomic E-state index is 6.84. The number of aromatic nitrogens is 2. The molecule has 0 N–H and O–H groups in total. The number of hydrogen-bond acceptors (Lipinski definition) is 4. The second-order valence-electron chi connectivity index (χ2n) is 19.6. The molecule has 304 valence electrons. The van der Waals surface area contributed by atoms with Gasteiger partial charge >= 0.3 is 0 Å². The van der Waals surface area contributed by atoms with Crippen LogP contribution in [0.1, 0.15) is 101 Å². The zero-order valence-corrected chi connectivity index (χ0v) is 36.9. The van der Waals surface area contributed by atoms with Crippen LogP contribution >= 0.6 is 0 Å². The van der Waals surface area contributed by atoms with E-state index in [1.165, 1.54) is 27.8 Å². The Hall–Kier alpha value is -6.52. The van der Waals surface area contributed by atoms with Gasteiger partial charge in [0, 0.05) is 22.8 Å². The van der Waals surface area contributed by atoms with Gasteiger partial charge in [0.15, 0.2) is 0 Å². The molecule has 2 aromatic heterocycles. The molecule has 4 nitrogen and oxygen atoms in total. The summed E-state index contributed by atoms with van der Waals surface area (Å²) >= 11 is 0. The molecule has 61 heavy (non-hydrogen) atoms. The summed E-state index contributed by atoms with van der Waals surface area (Å²) in [4.78, 5) is 12.7. The molecule has 0 spiro atoms. The van der Waals surface area contributed by atoms with Crippen molar-refractivity contribution in [2.75, 3.05) is 4.90 Å². The van der Waals surface area contributed by atoms with Gasteiger partial charge in [-0.15, -0.1) is 0 Å². The van der Waals surface area contributed by atoms with Gasteiger partial charge in [-0.2, -0.15) is 0 Å². The molecule has 0 unspecified atom stereocenters. The van der Waals surface area contributed by atoms with Crippen molar-refractivity contribution in [1.29, 1.82) is 0 Å². The zero-order valence-electron chi connectivity index (χ0n) is 36.9. The topological polar surface area (TPSA) is 38.2 Å². The molecule has 0 bridgehead atoms. The quantitative estimate of drug-likeness (QED) is 0.168. The monoisotopic (exact) mass is 797 g/mol. The molecule has 1 aliphatic heterocycles. The first kappa shape index (κ1) is 39.9. The number of benzene rings is 6. The SMILES string of the molecule is CC(C)(C)c1ccc(N2c3ccc(C(C)(C)C)cc3C(c3cccc(Oc4cccc(-c5ccc6ccccc6n5)c4)c3)(c3ccccn3)c3cc(C(C)(C)C)ccc32)cc1. The van der Waals surface area contributed by atoms with Crippen LogP contribution in [0.15, 0.2) is 170 Å². The average molecular weight is 798 g/mol. The van der Waals surface area contributed by atoms with E-state index < -0.39 is 5.41 Å². The first-order valence-electron chi connectivity index (χ1n) is 21.5. The molecule has 8 aromatic rings. The molecule has 1 aliphatic rings. The van der Waals surface area contributed by atoms with Gasteiger partial charge in [-0.05, 0) is 122 Å². The Labute approximate surface area is 362 Å². The van der Waals surface area contributed by atoms with Crippen LogP contribution in [0.5, 0.6) is 11.5 Å². The normalized spacial score (nSPS) is 13.8. The Balaban J connectivity index is 1.28. The van der Waals surface area contributed by atoms with Crippen LogP contribution in [-0.2, 0) is 21.7 Å². The highest BCUT2D eigenvalue weighted by molar-refractivity contribution is 5.90. The highest BCUT2D eigenvalue weighted by atomic mass is 16.5. The summed E-state index contributed by atoms with van der Waals surface area (Å²) in [6.45, 7) is 20.6. The summed E-state index contributed by atoms with van der Waals surface area (Å²) < 4.78 is 6.84. The first-order chi connectivity index (χ1) is 29.1. The number of ether oxygens (including phenoxy) is 1. The zero-order chi connectivity index (χ0) is 42.7. The minimum atomic E-state index is -0.813. The van der Waals surface area contributed by atoms with E-state index in [-0.39, 0.29) is 16.2 Å². The molecular formula is C57H55N3O. The maximum atomic E-state index is 6.84. The fourth-order valence-electron chi connectivity index (χ4n) is 8.85. The Morgan fingerprint density at radius 1 is 0.492 bits per heavy atom. The third kappa shape index (κ3) is 7.29. The number of anilines is 3. The molecule has 0 aliphatic carbocycles.